The minimum Gasteiger partial charge on any atom is -0.289 e. The zero-order valence-electron chi connectivity index (χ0n) is 4.81. The third kappa shape index (κ3) is 1.58. The summed E-state index contributed by atoms with van der Waals surface area (Å²) in [5.41, 5.74) is 7.80. The van der Waals surface area contributed by atoms with Gasteiger partial charge in [0.15, 0.2) is 0 Å². The molecule has 0 saturated carbocycles. The summed E-state index contributed by atoms with van der Waals surface area (Å²) in [6.45, 7) is 0. The van der Waals surface area contributed by atoms with Crippen LogP contribution in [0.1, 0.15) is 12.8 Å². The second-order valence-corrected chi connectivity index (χ2v) is 1.58. The summed E-state index contributed by atoms with van der Waals surface area (Å²) in [5.74, 6) is 0.775. The van der Waals surface area contributed by atoms with E-state index < -0.39 is 0 Å². The van der Waals surface area contributed by atoms with Crippen molar-refractivity contribution in [2.24, 2.45) is 5.10 Å². The highest BCUT2D eigenvalue weighted by Crippen LogP contribution is 1.88. The SMILES string of the molecule is N#CCCC1=NNNN1. The quantitative estimate of drug-likeness (QED) is 0.452. The molecule has 3 N–H and O–H groups in total. The Morgan fingerprint density at radius 1 is 1.67 bits per heavy atom. The van der Waals surface area contributed by atoms with Gasteiger partial charge in [0.1, 0.15) is 5.84 Å². The van der Waals surface area contributed by atoms with Gasteiger partial charge in [0.05, 0.1) is 6.07 Å². The molecule has 0 saturated heterocycles. The Balaban J connectivity index is 2.20. The molecule has 0 fully saturated rings. The Hall–Kier alpha value is -1.28. The van der Waals surface area contributed by atoms with Gasteiger partial charge in [-0.3, -0.25) is 5.43 Å². The van der Waals surface area contributed by atoms with E-state index in [0.29, 0.717) is 12.8 Å². The first-order valence-corrected chi connectivity index (χ1v) is 2.63. The van der Waals surface area contributed by atoms with E-state index in [4.69, 9.17) is 5.26 Å². The van der Waals surface area contributed by atoms with Gasteiger partial charge in [-0.25, -0.2) is 5.53 Å². The highest BCUT2D eigenvalue weighted by atomic mass is 15.8. The van der Waals surface area contributed by atoms with Crippen LogP contribution in [0.25, 0.3) is 0 Å². The van der Waals surface area contributed by atoms with E-state index in [1.807, 2.05) is 6.07 Å². The van der Waals surface area contributed by atoms with Gasteiger partial charge in [0.25, 0.3) is 0 Å². The summed E-state index contributed by atoms with van der Waals surface area (Å²) in [6.07, 6.45) is 1.16. The third-order valence-electron chi connectivity index (χ3n) is 0.927. The number of hydrazone groups is 1. The summed E-state index contributed by atoms with van der Waals surface area (Å²) >= 11 is 0. The van der Waals surface area contributed by atoms with Crippen LogP contribution in [-0.4, -0.2) is 5.84 Å². The smallest absolute Gasteiger partial charge is 0.140 e. The molecular weight excluding hydrogens is 118 g/mol. The molecule has 9 heavy (non-hydrogen) atoms. The zero-order chi connectivity index (χ0) is 6.53. The first-order valence-electron chi connectivity index (χ1n) is 2.63. The minimum absolute atomic E-state index is 0.495. The van der Waals surface area contributed by atoms with Crippen LogP contribution in [0, 0.1) is 11.3 Å². The van der Waals surface area contributed by atoms with Crippen LogP contribution < -0.4 is 16.5 Å². The molecule has 0 aromatic heterocycles. The molecule has 5 nitrogen and oxygen atoms in total. The van der Waals surface area contributed by atoms with Crippen molar-refractivity contribution in [3.8, 4) is 6.07 Å². The molecular formula is C4H7N5. The van der Waals surface area contributed by atoms with Crippen LogP contribution in [0.15, 0.2) is 5.10 Å². The van der Waals surface area contributed by atoms with E-state index in [1.165, 1.54) is 0 Å². The third-order valence-corrected chi connectivity index (χ3v) is 0.927. The van der Waals surface area contributed by atoms with Gasteiger partial charge in [-0.05, 0) is 0 Å². The number of hydrogen-bond donors (Lipinski definition) is 3. The van der Waals surface area contributed by atoms with E-state index >= 15 is 0 Å². The van der Waals surface area contributed by atoms with Gasteiger partial charge in [0.2, 0.25) is 0 Å². The first kappa shape index (κ1) is 5.85. The van der Waals surface area contributed by atoms with E-state index in [-0.39, 0.29) is 0 Å². The van der Waals surface area contributed by atoms with Gasteiger partial charge in [-0.2, -0.15) is 5.26 Å². The first-order chi connectivity index (χ1) is 4.43. The van der Waals surface area contributed by atoms with Crippen molar-refractivity contribution in [3.63, 3.8) is 0 Å². The summed E-state index contributed by atoms with van der Waals surface area (Å²) < 4.78 is 0. The van der Waals surface area contributed by atoms with Gasteiger partial charge in [-0.15, -0.1) is 10.6 Å². The fraction of sp³-hybridized carbons (Fsp3) is 0.500. The number of amidine groups is 1. The largest absolute Gasteiger partial charge is 0.289 e. The monoisotopic (exact) mass is 125 g/mol. The van der Waals surface area contributed by atoms with Crippen LogP contribution in [-0.2, 0) is 0 Å². The highest BCUT2D eigenvalue weighted by molar-refractivity contribution is 5.82. The molecule has 48 valence electrons. The van der Waals surface area contributed by atoms with Crippen LogP contribution in [0.3, 0.4) is 0 Å². The Morgan fingerprint density at radius 3 is 3.11 bits per heavy atom. The minimum atomic E-state index is 0.495. The van der Waals surface area contributed by atoms with Crippen LogP contribution in [0.2, 0.25) is 0 Å². The number of nitriles is 1. The lowest BCUT2D eigenvalue weighted by Gasteiger charge is -1.92. The van der Waals surface area contributed by atoms with Gasteiger partial charge >= 0.3 is 0 Å². The second kappa shape index (κ2) is 2.89. The maximum Gasteiger partial charge on any atom is 0.140 e. The normalized spacial score (nSPS) is 15.2. The Labute approximate surface area is 52.7 Å². The van der Waals surface area contributed by atoms with Gasteiger partial charge in [-0.1, -0.05) is 0 Å². The van der Waals surface area contributed by atoms with E-state index in [1.54, 1.807) is 0 Å². The number of nitrogens with zero attached hydrogens (tertiary/aromatic N) is 2. The molecule has 0 radical (unpaired) electrons. The molecule has 0 aromatic rings. The van der Waals surface area contributed by atoms with Crippen molar-refractivity contribution in [1.82, 2.24) is 16.5 Å². The van der Waals surface area contributed by atoms with Crippen LogP contribution in [0.4, 0.5) is 0 Å². The molecule has 0 bridgehead atoms. The van der Waals surface area contributed by atoms with E-state index in [0.717, 1.165) is 5.84 Å². The Kier molecular flexibility index (Phi) is 1.88. The standard InChI is InChI=1S/C4H7N5/c5-3-1-2-4-6-8-9-7-4/h8-9H,1-2H2,(H,6,7). The van der Waals surface area contributed by atoms with Crippen LogP contribution >= 0.6 is 0 Å². The summed E-state index contributed by atoms with van der Waals surface area (Å²) in [6, 6.07) is 2.02. The van der Waals surface area contributed by atoms with E-state index in [2.05, 4.69) is 21.6 Å². The van der Waals surface area contributed by atoms with Gasteiger partial charge in [0, 0.05) is 12.8 Å². The summed E-state index contributed by atoms with van der Waals surface area (Å²) in [5, 5.41) is 11.9. The fourth-order valence-corrected chi connectivity index (χ4v) is 0.516. The summed E-state index contributed by atoms with van der Waals surface area (Å²) in [4.78, 5) is 0. The van der Waals surface area contributed by atoms with Crippen molar-refractivity contribution in [3.05, 3.63) is 0 Å². The average molecular weight is 125 g/mol. The number of hydrazine groups is 2. The topological polar surface area (TPSA) is 72.2 Å². The van der Waals surface area contributed by atoms with Gasteiger partial charge < -0.3 is 0 Å². The Bertz CT molecular complexity index is 155. The molecule has 0 spiro atoms. The lowest BCUT2D eigenvalue weighted by Crippen LogP contribution is -2.34. The molecule has 0 aliphatic carbocycles. The predicted octanol–water partition coefficient (Wildman–Crippen LogP) is -0.784. The Morgan fingerprint density at radius 2 is 2.56 bits per heavy atom. The number of nitrogens with one attached hydrogen (secondary N) is 3. The number of rotatable bonds is 2. The highest BCUT2D eigenvalue weighted by Gasteiger charge is 2.01. The predicted molar refractivity (Wildman–Crippen MR) is 31.7 cm³/mol. The van der Waals surface area contributed by atoms with Crippen molar-refractivity contribution in [2.45, 2.75) is 12.8 Å². The molecule has 1 aliphatic heterocycles. The lowest BCUT2D eigenvalue weighted by molar-refractivity contribution is 0.576. The maximum absolute atomic E-state index is 8.15. The van der Waals surface area contributed by atoms with Crippen molar-refractivity contribution < 1.29 is 0 Å². The van der Waals surface area contributed by atoms with E-state index in [9.17, 15) is 0 Å². The van der Waals surface area contributed by atoms with Crippen molar-refractivity contribution in [1.29, 1.82) is 5.26 Å². The molecule has 1 aliphatic rings. The summed E-state index contributed by atoms with van der Waals surface area (Å²) in [7, 11) is 0. The van der Waals surface area contributed by atoms with Crippen molar-refractivity contribution in [2.75, 3.05) is 0 Å². The number of hydrogen-bond acceptors (Lipinski definition) is 5. The molecule has 0 amide bonds. The molecule has 1 rings (SSSR count). The van der Waals surface area contributed by atoms with Crippen LogP contribution in [0.5, 0.6) is 0 Å². The van der Waals surface area contributed by atoms with Crippen molar-refractivity contribution >= 4 is 5.84 Å². The average Bonchev–Trinajstić information content (AvgIpc) is 2.34. The maximum atomic E-state index is 8.15. The molecule has 1 heterocycles. The molecule has 0 atom stereocenters. The zero-order valence-corrected chi connectivity index (χ0v) is 4.81. The molecule has 5 heteroatoms. The second-order valence-electron chi connectivity index (χ2n) is 1.58. The fourth-order valence-electron chi connectivity index (χ4n) is 0.516. The molecule has 0 unspecified atom stereocenters. The molecule has 0 aromatic carbocycles. The lowest BCUT2D eigenvalue weighted by atomic mass is 10.3.